The van der Waals surface area contributed by atoms with Crippen molar-refractivity contribution in [3.8, 4) is 0 Å². The number of carbonyl (C=O) groups is 1. The van der Waals surface area contributed by atoms with Gasteiger partial charge in [-0.25, -0.2) is 0 Å². The van der Waals surface area contributed by atoms with Gasteiger partial charge in [0.1, 0.15) is 0 Å². The molecule has 5 heteroatoms. The van der Waals surface area contributed by atoms with Crippen LogP contribution < -0.4 is 5.32 Å². The standard InChI is InChI=1S/C20H31N3O2/c1-16(2)23-13-9-20(10-14-23)8-5-18(25-20)15-22-19(24)4-3-17-6-11-21-12-7-17/h6-7,11-12,16,18H,3-5,8-10,13-15H2,1-2H3,(H,22,24). The number of likely N-dealkylation sites (tertiary alicyclic amines) is 1. The van der Waals surface area contributed by atoms with Crippen molar-refractivity contribution >= 4 is 5.91 Å². The lowest BCUT2D eigenvalue weighted by Gasteiger charge is -2.40. The quantitative estimate of drug-likeness (QED) is 0.861. The van der Waals surface area contributed by atoms with E-state index in [9.17, 15) is 4.79 Å². The second-order valence-corrected chi connectivity index (χ2v) is 7.75. The van der Waals surface area contributed by atoms with Crippen molar-refractivity contribution in [2.75, 3.05) is 19.6 Å². The molecule has 5 nitrogen and oxygen atoms in total. The first kappa shape index (κ1) is 18.3. The zero-order valence-electron chi connectivity index (χ0n) is 15.5. The van der Waals surface area contributed by atoms with Crippen LogP contribution in [0.2, 0.25) is 0 Å². The van der Waals surface area contributed by atoms with Gasteiger partial charge in [-0.2, -0.15) is 0 Å². The lowest BCUT2D eigenvalue weighted by Crippen LogP contribution is -2.47. The lowest BCUT2D eigenvalue weighted by atomic mass is 9.88. The van der Waals surface area contributed by atoms with Gasteiger partial charge >= 0.3 is 0 Å². The second-order valence-electron chi connectivity index (χ2n) is 7.75. The molecule has 0 aliphatic carbocycles. The first-order valence-electron chi connectivity index (χ1n) is 9.64. The fraction of sp³-hybridized carbons (Fsp3) is 0.700. The van der Waals surface area contributed by atoms with Crippen molar-refractivity contribution in [1.29, 1.82) is 0 Å². The zero-order valence-corrected chi connectivity index (χ0v) is 15.5. The number of carbonyl (C=O) groups excluding carboxylic acids is 1. The Morgan fingerprint density at radius 2 is 2.04 bits per heavy atom. The molecule has 3 heterocycles. The number of ether oxygens (including phenoxy) is 1. The van der Waals surface area contributed by atoms with Crippen molar-refractivity contribution in [1.82, 2.24) is 15.2 Å². The van der Waals surface area contributed by atoms with Crippen LogP contribution in [0.15, 0.2) is 24.5 Å². The third-order valence-electron chi connectivity index (χ3n) is 5.70. The van der Waals surface area contributed by atoms with Crippen molar-refractivity contribution < 1.29 is 9.53 Å². The van der Waals surface area contributed by atoms with E-state index >= 15 is 0 Å². The molecule has 2 fully saturated rings. The molecule has 3 rings (SSSR count). The SMILES string of the molecule is CC(C)N1CCC2(CCC(CNC(=O)CCc3ccncc3)O2)CC1. The summed E-state index contributed by atoms with van der Waals surface area (Å²) in [6.45, 7) is 7.42. The summed E-state index contributed by atoms with van der Waals surface area (Å²) in [5.74, 6) is 0.107. The normalized spacial score (nSPS) is 23.2. The number of rotatable bonds is 6. The van der Waals surface area contributed by atoms with Gasteiger partial charge in [-0.1, -0.05) is 0 Å². The topological polar surface area (TPSA) is 54.5 Å². The molecular formula is C20H31N3O2. The van der Waals surface area contributed by atoms with Crippen molar-refractivity contribution in [3.05, 3.63) is 30.1 Å². The predicted molar refractivity (Wildman–Crippen MR) is 98.3 cm³/mol. The number of aryl methyl sites for hydroxylation is 1. The molecule has 2 aliphatic heterocycles. The average Bonchev–Trinajstić information content (AvgIpc) is 3.02. The maximum absolute atomic E-state index is 12.1. The van der Waals surface area contributed by atoms with Crippen LogP contribution in [0.1, 0.15) is 51.5 Å². The van der Waals surface area contributed by atoms with Crippen LogP contribution in [0.25, 0.3) is 0 Å². The van der Waals surface area contributed by atoms with Crippen LogP contribution in [-0.2, 0) is 16.0 Å². The summed E-state index contributed by atoms with van der Waals surface area (Å²) in [5.41, 5.74) is 1.22. The highest BCUT2D eigenvalue weighted by atomic mass is 16.5. The fourth-order valence-corrected chi connectivity index (χ4v) is 3.98. The van der Waals surface area contributed by atoms with E-state index in [2.05, 4.69) is 29.0 Å². The van der Waals surface area contributed by atoms with Gasteiger partial charge in [0, 0.05) is 44.5 Å². The van der Waals surface area contributed by atoms with Crippen LogP contribution >= 0.6 is 0 Å². The highest BCUT2D eigenvalue weighted by molar-refractivity contribution is 5.76. The second kappa shape index (κ2) is 8.28. The summed E-state index contributed by atoms with van der Waals surface area (Å²) in [5, 5.41) is 3.05. The average molecular weight is 345 g/mol. The van der Waals surface area contributed by atoms with Crippen LogP contribution in [0.5, 0.6) is 0 Å². The van der Waals surface area contributed by atoms with Crippen LogP contribution in [0, 0.1) is 0 Å². The Kier molecular flexibility index (Phi) is 6.07. The van der Waals surface area contributed by atoms with Gasteiger partial charge in [0.05, 0.1) is 11.7 Å². The van der Waals surface area contributed by atoms with E-state index in [1.807, 2.05) is 12.1 Å². The minimum absolute atomic E-state index is 0.0673. The molecule has 2 aliphatic rings. The number of nitrogens with zero attached hydrogens (tertiary/aromatic N) is 2. The summed E-state index contributed by atoms with van der Waals surface area (Å²) in [6, 6.07) is 4.54. The molecule has 0 saturated carbocycles. The maximum atomic E-state index is 12.1. The number of hydrogen-bond acceptors (Lipinski definition) is 4. The van der Waals surface area contributed by atoms with E-state index in [0.717, 1.165) is 50.8 Å². The Morgan fingerprint density at radius 3 is 2.72 bits per heavy atom. The van der Waals surface area contributed by atoms with Gasteiger partial charge in [0.25, 0.3) is 0 Å². The van der Waals surface area contributed by atoms with Gasteiger partial charge in [-0.05, 0) is 63.6 Å². The molecule has 138 valence electrons. The molecule has 1 aromatic rings. The molecule has 1 atom stereocenters. The monoisotopic (exact) mass is 345 g/mol. The summed E-state index contributed by atoms with van der Waals surface area (Å²) in [4.78, 5) is 18.6. The smallest absolute Gasteiger partial charge is 0.220 e. The van der Waals surface area contributed by atoms with Crippen molar-refractivity contribution in [2.24, 2.45) is 0 Å². The molecule has 2 saturated heterocycles. The van der Waals surface area contributed by atoms with Gasteiger partial charge in [-0.3, -0.25) is 9.78 Å². The zero-order chi connectivity index (χ0) is 17.7. The molecule has 25 heavy (non-hydrogen) atoms. The molecule has 0 aromatic carbocycles. The third kappa shape index (κ3) is 5.02. The van der Waals surface area contributed by atoms with Crippen molar-refractivity contribution in [2.45, 2.75) is 70.1 Å². The Bertz CT molecular complexity index is 553. The van der Waals surface area contributed by atoms with Crippen LogP contribution in [-0.4, -0.2) is 53.2 Å². The van der Waals surface area contributed by atoms with Gasteiger partial charge in [0.15, 0.2) is 0 Å². The lowest BCUT2D eigenvalue weighted by molar-refractivity contribution is -0.122. The molecule has 1 N–H and O–H groups in total. The van der Waals surface area contributed by atoms with E-state index < -0.39 is 0 Å². The number of amides is 1. The first-order chi connectivity index (χ1) is 12.1. The Balaban J connectivity index is 1.36. The molecule has 0 bridgehead atoms. The highest BCUT2D eigenvalue weighted by Gasteiger charge is 2.42. The summed E-state index contributed by atoms with van der Waals surface area (Å²) in [6.07, 6.45) is 9.43. The molecule has 1 aromatic heterocycles. The number of nitrogens with one attached hydrogen (secondary N) is 1. The minimum Gasteiger partial charge on any atom is -0.370 e. The van der Waals surface area contributed by atoms with E-state index in [4.69, 9.17) is 4.74 Å². The summed E-state index contributed by atoms with van der Waals surface area (Å²) in [7, 11) is 0. The Hall–Kier alpha value is -1.46. The van der Waals surface area contributed by atoms with Crippen LogP contribution in [0.3, 0.4) is 0 Å². The number of aromatic nitrogens is 1. The molecule has 0 radical (unpaired) electrons. The fourth-order valence-electron chi connectivity index (χ4n) is 3.98. The van der Waals surface area contributed by atoms with Crippen LogP contribution in [0.4, 0.5) is 0 Å². The third-order valence-corrected chi connectivity index (χ3v) is 5.70. The Labute approximate surface area is 151 Å². The minimum atomic E-state index is 0.0673. The van der Waals surface area contributed by atoms with Gasteiger partial charge < -0.3 is 15.0 Å². The van der Waals surface area contributed by atoms with E-state index in [1.165, 1.54) is 0 Å². The predicted octanol–water partition coefficient (Wildman–Crippen LogP) is 2.55. The molecule has 1 spiro atoms. The molecular weight excluding hydrogens is 314 g/mol. The first-order valence-corrected chi connectivity index (χ1v) is 9.64. The van der Waals surface area contributed by atoms with Crippen molar-refractivity contribution in [3.63, 3.8) is 0 Å². The Morgan fingerprint density at radius 1 is 1.32 bits per heavy atom. The number of piperidine rings is 1. The largest absolute Gasteiger partial charge is 0.370 e. The van der Waals surface area contributed by atoms with E-state index in [-0.39, 0.29) is 17.6 Å². The van der Waals surface area contributed by atoms with E-state index in [1.54, 1.807) is 12.4 Å². The summed E-state index contributed by atoms with van der Waals surface area (Å²) < 4.78 is 6.38. The van der Waals surface area contributed by atoms with Gasteiger partial charge in [-0.15, -0.1) is 0 Å². The number of hydrogen-bond donors (Lipinski definition) is 1. The maximum Gasteiger partial charge on any atom is 0.220 e. The molecule has 1 unspecified atom stereocenters. The summed E-state index contributed by atoms with van der Waals surface area (Å²) >= 11 is 0. The van der Waals surface area contributed by atoms with E-state index in [0.29, 0.717) is 19.0 Å². The molecule has 1 amide bonds. The number of pyridine rings is 1. The highest BCUT2D eigenvalue weighted by Crippen LogP contribution is 2.39. The van der Waals surface area contributed by atoms with Gasteiger partial charge in [0.2, 0.25) is 5.91 Å².